The Hall–Kier alpha value is -1.20. The van der Waals surface area contributed by atoms with E-state index < -0.39 is 17.1 Å². The average molecular weight is 328 g/mol. The van der Waals surface area contributed by atoms with Gasteiger partial charge in [0.25, 0.3) is 0 Å². The molecule has 0 saturated heterocycles. The minimum atomic E-state index is -1.65. The zero-order valence-electron chi connectivity index (χ0n) is 11.3. The van der Waals surface area contributed by atoms with Gasteiger partial charge >= 0.3 is 5.97 Å². The lowest BCUT2D eigenvalue weighted by atomic mass is 9.93. The summed E-state index contributed by atoms with van der Waals surface area (Å²) < 4.78 is 6.10. The Balaban J connectivity index is 2.88. The quantitative estimate of drug-likeness (QED) is 0.523. The van der Waals surface area contributed by atoms with Gasteiger partial charge in [-0.15, -0.1) is 0 Å². The number of hydrogen-bond donors (Lipinski definition) is 1. The van der Waals surface area contributed by atoms with E-state index in [4.69, 9.17) is 10.5 Å². The van der Waals surface area contributed by atoms with Gasteiger partial charge in [-0.3, -0.25) is 0 Å². The van der Waals surface area contributed by atoms with E-state index in [1.54, 1.807) is 32.9 Å². The van der Waals surface area contributed by atoms with Crippen molar-refractivity contribution >= 4 is 28.2 Å². The highest BCUT2D eigenvalue weighted by atomic mass is 79.9. The molecule has 2 N–H and O–H groups in total. The second-order valence-electron chi connectivity index (χ2n) is 5.46. The molecule has 1 atom stereocenters. The fraction of sp³-hybridized carbons (Fsp3) is 0.429. The predicted molar refractivity (Wildman–Crippen MR) is 76.7 cm³/mol. The van der Waals surface area contributed by atoms with Crippen molar-refractivity contribution < 1.29 is 14.3 Å². The molecule has 1 aromatic rings. The number of rotatable bonds is 4. The Morgan fingerprint density at radius 2 is 1.84 bits per heavy atom. The maximum atomic E-state index is 12.0. The van der Waals surface area contributed by atoms with Crippen LogP contribution < -0.4 is 5.73 Å². The smallest absolute Gasteiger partial charge is 0.334 e. The van der Waals surface area contributed by atoms with E-state index >= 15 is 0 Å². The van der Waals surface area contributed by atoms with Crippen molar-refractivity contribution in [1.29, 1.82) is 0 Å². The Morgan fingerprint density at radius 3 is 2.26 bits per heavy atom. The summed E-state index contributed by atoms with van der Waals surface area (Å²) in [5, 5.41) is 0. The number of aldehydes is 1. The molecule has 1 aromatic carbocycles. The second kappa shape index (κ2) is 5.84. The van der Waals surface area contributed by atoms with Crippen molar-refractivity contribution in [2.24, 2.45) is 5.73 Å². The van der Waals surface area contributed by atoms with Crippen LogP contribution in [-0.4, -0.2) is 23.4 Å². The van der Waals surface area contributed by atoms with Gasteiger partial charge in [-0.05, 0) is 38.5 Å². The number of ether oxygens (including phenoxy) is 1. The molecule has 1 unspecified atom stereocenters. The van der Waals surface area contributed by atoms with Crippen LogP contribution in [0.1, 0.15) is 26.3 Å². The highest BCUT2D eigenvalue weighted by molar-refractivity contribution is 9.10. The van der Waals surface area contributed by atoms with E-state index in [9.17, 15) is 9.59 Å². The Labute approximate surface area is 121 Å². The summed E-state index contributed by atoms with van der Waals surface area (Å²) in [6.07, 6.45) is 0.557. The van der Waals surface area contributed by atoms with Crippen molar-refractivity contribution in [2.45, 2.75) is 38.3 Å². The van der Waals surface area contributed by atoms with Crippen LogP contribution in [0.2, 0.25) is 0 Å². The molecule has 0 aliphatic heterocycles. The molecule has 0 fully saturated rings. The number of esters is 1. The van der Waals surface area contributed by atoms with Gasteiger partial charge in [0.15, 0.2) is 11.8 Å². The highest BCUT2D eigenvalue weighted by Gasteiger charge is 2.38. The minimum Gasteiger partial charge on any atom is -0.458 e. The molecule has 19 heavy (non-hydrogen) atoms. The summed E-state index contributed by atoms with van der Waals surface area (Å²) in [5.74, 6) is -0.710. The van der Waals surface area contributed by atoms with E-state index in [0.717, 1.165) is 10.0 Å². The molecular weight excluding hydrogens is 310 g/mol. The molecule has 0 bridgehead atoms. The van der Waals surface area contributed by atoms with Gasteiger partial charge in [0, 0.05) is 10.9 Å². The van der Waals surface area contributed by atoms with Gasteiger partial charge in [0.2, 0.25) is 0 Å². The summed E-state index contributed by atoms with van der Waals surface area (Å²) in [6.45, 7) is 5.20. The van der Waals surface area contributed by atoms with Gasteiger partial charge in [-0.1, -0.05) is 28.1 Å². The first kappa shape index (κ1) is 15.9. The fourth-order valence-corrected chi connectivity index (χ4v) is 1.74. The van der Waals surface area contributed by atoms with Gasteiger partial charge in [-0.25, -0.2) is 4.79 Å². The summed E-state index contributed by atoms with van der Waals surface area (Å²) >= 11 is 3.32. The number of benzene rings is 1. The summed E-state index contributed by atoms with van der Waals surface area (Å²) in [6, 6.07) is 7.27. The summed E-state index contributed by atoms with van der Waals surface area (Å²) in [7, 11) is 0. The molecule has 0 aromatic heterocycles. The highest BCUT2D eigenvalue weighted by Crippen LogP contribution is 2.18. The lowest BCUT2D eigenvalue weighted by molar-refractivity contribution is -0.162. The van der Waals surface area contributed by atoms with E-state index in [0.29, 0.717) is 6.29 Å². The zero-order valence-corrected chi connectivity index (χ0v) is 12.9. The van der Waals surface area contributed by atoms with Crippen LogP contribution in [0, 0.1) is 0 Å². The van der Waals surface area contributed by atoms with Crippen molar-refractivity contribution in [3.8, 4) is 0 Å². The molecular formula is C14H18BrNO3. The monoisotopic (exact) mass is 327 g/mol. The molecule has 0 radical (unpaired) electrons. The summed E-state index contributed by atoms with van der Waals surface area (Å²) in [4.78, 5) is 23.2. The van der Waals surface area contributed by atoms with E-state index in [2.05, 4.69) is 15.9 Å². The predicted octanol–water partition coefficient (Wildman–Crippen LogP) is 2.23. The lowest BCUT2D eigenvalue weighted by Gasteiger charge is -2.27. The van der Waals surface area contributed by atoms with Gasteiger partial charge in [0.05, 0.1) is 0 Å². The Kier molecular flexibility index (Phi) is 4.87. The third kappa shape index (κ3) is 4.76. The first-order valence-corrected chi connectivity index (χ1v) is 6.69. The lowest BCUT2D eigenvalue weighted by Crippen LogP contribution is -2.54. The van der Waals surface area contributed by atoms with Crippen molar-refractivity contribution in [3.63, 3.8) is 0 Å². The van der Waals surface area contributed by atoms with Crippen LogP contribution in [-0.2, 0) is 20.7 Å². The third-order valence-electron chi connectivity index (χ3n) is 2.40. The number of hydrogen-bond acceptors (Lipinski definition) is 4. The molecule has 5 heteroatoms. The topological polar surface area (TPSA) is 69.4 Å². The molecule has 4 nitrogen and oxygen atoms in total. The van der Waals surface area contributed by atoms with Crippen LogP contribution >= 0.6 is 15.9 Å². The minimum absolute atomic E-state index is 0.110. The molecule has 1 rings (SSSR count). The maximum absolute atomic E-state index is 12.0. The fourth-order valence-electron chi connectivity index (χ4n) is 1.48. The van der Waals surface area contributed by atoms with Crippen LogP contribution in [0.4, 0.5) is 0 Å². The van der Waals surface area contributed by atoms with Crippen LogP contribution in [0.5, 0.6) is 0 Å². The molecule has 0 saturated carbocycles. The van der Waals surface area contributed by atoms with E-state index in [1.807, 2.05) is 12.1 Å². The van der Waals surface area contributed by atoms with Gasteiger partial charge in [0.1, 0.15) is 5.60 Å². The number of nitrogens with two attached hydrogens (primary N) is 1. The second-order valence-corrected chi connectivity index (χ2v) is 6.38. The van der Waals surface area contributed by atoms with Crippen molar-refractivity contribution in [2.75, 3.05) is 0 Å². The normalized spacial score (nSPS) is 14.6. The Morgan fingerprint density at radius 1 is 1.32 bits per heavy atom. The van der Waals surface area contributed by atoms with Crippen molar-refractivity contribution in [1.82, 2.24) is 0 Å². The van der Waals surface area contributed by atoms with E-state index in [-0.39, 0.29) is 6.42 Å². The molecule has 0 amide bonds. The van der Waals surface area contributed by atoms with Gasteiger partial charge < -0.3 is 15.3 Å². The van der Waals surface area contributed by atoms with Crippen molar-refractivity contribution in [3.05, 3.63) is 34.3 Å². The van der Waals surface area contributed by atoms with Crippen LogP contribution in [0.3, 0.4) is 0 Å². The molecule has 104 valence electrons. The van der Waals surface area contributed by atoms with Crippen LogP contribution in [0.25, 0.3) is 0 Å². The first-order chi connectivity index (χ1) is 8.66. The zero-order chi connectivity index (χ0) is 14.7. The molecule has 0 heterocycles. The van der Waals surface area contributed by atoms with Crippen LogP contribution in [0.15, 0.2) is 28.7 Å². The number of carbonyl (C=O) groups excluding carboxylic acids is 2. The average Bonchev–Trinajstić information content (AvgIpc) is 2.30. The molecule has 0 aliphatic rings. The van der Waals surface area contributed by atoms with Gasteiger partial charge in [-0.2, -0.15) is 0 Å². The van der Waals surface area contributed by atoms with E-state index in [1.165, 1.54) is 0 Å². The maximum Gasteiger partial charge on any atom is 0.334 e. The number of carbonyl (C=O) groups is 2. The first-order valence-electron chi connectivity index (χ1n) is 5.89. The SMILES string of the molecule is CC(C)(C)OC(=O)C(N)(C=O)Cc1ccc(Br)cc1. The molecule has 0 aliphatic carbocycles. The Bertz CT molecular complexity index is 465. The third-order valence-corrected chi connectivity index (χ3v) is 2.93. The largest absolute Gasteiger partial charge is 0.458 e. The number of halogens is 1. The standard InChI is InChI=1S/C14H18BrNO3/c1-13(2,3)19-12(18)14(16,9-17)8-10-4-6-11(15)7-5-10/h4-7,9H,8,16H2,1-3H3. The summed E-state index contributed by atoms with van der Waals surface area (Å²) in [5.41, 5.74) is 4.33. The molecule has 0 spiro atoms.